The number of benzene rings is 1. The van der Waals surface area contributed by atoms with E-state index in [1.165, 1.54) is 24.1 Å². The van der Waals surface area contributed by atoms with Gasteiger partial charge in [0.05, 0.1) is 24.1 Å². The number of alkyl halides is 3. The number of nitrogens with zero attached hydrogens (tertiary/aromatic N) is 1. The molecule has 2 rings (SSSR count). The number of carbonyl (C=O) groups is 2. The molecule has 8 heteroatoms. The molecule has 0 radical (unpaired) electrons. The van der Waals surface area contributed by atoms with Crippen molar-refractivity contribution in [2.45, 2.75) is 25.6 Å². The minimum Gasteiger partial charge on any atom is -0.338 e. The SMILES string of the molecule is CCONC(=O)[C@@H]1CC(=O)N(C)[C@H]1c1ccc(C(F)(F)F)cc1. The van der Waals surface area contributed by atoms with Crippen LogP contribution in [0.1, 0.15) is 30.5 Å². The Morgan fingerprint density at radius 1 is 1.35 bits per heavy atom. The van der Waals surface area contributed by atoms with Gasteiger partial charge < -0.3 is 4.90 Å². The van der Waals surface area contributed by atoms with Crippen LogP contribution in [0.15, 0.2) is 24.3 Å². The summed E-state index contributed by atoms with van der Waals surface area (Å²) < 4.78 is 37.9. The van der Waals surface area contributed by atoms with Gasteiger partial charge in [-0.3, -0.25) is 14.4 Å². The summed E-state index contributed by atoms with van der Waals surface area (Å²) in [6.07, 6.45) is -4.44. The molecule has 23 heavy (non-hydrogen) atoms. The van der Waals surface area contributed by atoms with Crippen LogP contribution in [0.4, 0.5) is 13.2 Å². The van der Waals surface area contributed by atoms with Gasteiger partial charge in [0, 0.05) is 13.5 Å². The monoisotopic (exact) mass is 330 g/mol. The van der Waals surface area contributed by atoms with E-state index in [4.69, 9.17) is 4.84 Å². The van der Waals surface area contributed by atoms with Crippen molar-refractivity contribution in [3.8, 4) is 0 Å². The lowest BCUT2D eigenvalue weighted by Gasteiger charge is -2.25. The average Bonchev–Trinajstić information content (AvgIpc) is 2.80. The lowest BCUT2D eigenvalue weighted by molar-refractivity contribution is -0.139. The van der Waals surface area contributed by atoms with Crippen molar-refractivity contribution in [2.24, 2.45) is 5.92 Å². The van der Waals surface area contributed by atoms with E-state index < -0.39 is 29.6 Å². The highest BCUT2D eigenvalue weighted by atomic mass is 19.4. The summed E-state index contributed by atoms with van der Waals surface area (Å²) in [5.41, 5.74) is 1.95. The maximum atomic E-state index is 12.6. The van der Waals surface area contributed by atoms with Crippen molar-refractivity contribution >= 4 is 11.8 Å². The molecule has 0 aliphatic carbocycles. The molecule has 0 unspecified atom stereocenters. The van der Waals surface area contributed by atoms with Gasteiger partial charge in [0.15, 0.2) is 0 Å². The Morgan fingerprint density at radius 3 is 2.48 bits per heavy atom. The third-order valence-corrected chi connectivity index (χ3v) is 3.82. The molecule has 1 aromatic rings. The van der Waals surface area contributed by atoms with E-state index in [0.717, 1.165) is 12.1 Å². The quantitative estimate of drug-likeness (QED) is 0.862. The molecule has 0 spiro atoms. The van der Waals surface area contributed by atoms with E-state index in [9.17, 15) is 22.8 Å². The van der Waals surface area contributed by atoms with E-state index in [0.29, 0.717) is 5.56 Å². The van der Waals surface area contributed by atoms with E-state index in [1.807, 2.05) is 0 Å². The maximum Gasteiger partial charge on any atom is 0.416 e. The van der Waals surface area contributed by atoms with Gasteiger partial charge in [0.2, 0.25) is 11.8 Å². The summed E-state index contributed by atoms with van der Waals surface area (Å²) in [5.74, 6) is -1.42. The van der Waals surface area contributed by atoms with Crippen LogP contribution in [0.25, 0.3) is 0 Å². The molecular formula is C15H17F3N2O3. The van der Waals surface area contributed by atoms with E-state index >= 15 is 0 Å². The van der Waals surface area contributed by atoms with Gasteiger partial charge in [0.1, 0.15) is 0 Å². The highest BCUT2D eigenvalue weighted by molar-refractivity contribution is 5.89. The van der Waals surface area contributed by atoms with Gasteiger partial charge >= 0.3 is 6.18 Å². The van der Waals surface area contributed by atoms with Crippen molar-refractivity contribution < 1.29 is 27.6 Å². The van der Waals surface area contributed by atoms with Crippen LogP contribution < -0.4 is 5.48 Å². The minimum absolute atomic E-state index is 0.0128. The summed E-state index contributed by atoms with van der Waals surface area (Å²) in [6, 6.07) is 3.87. The number of carbonyl (C=O) groups excluding carboxylic acids is 2. The van der Waals surface area contributed by atoms with Crippen molar-refractivity contribution in [3.63, 3.8) is 0 Å². The first-order valence-electron chi connectivity index (χ1n) is 7.10. The molecule has 1 aliphatic rings. The summed E-state index contributed by atoms with van der Waals surface area (Å²) >= 11 is 0. The zero-order valence-electron chi connectivity index (χ0n) is 12.7. The molecule has 2 atom stereocenters. The first kappa shape index (κ1) is 17.3. The fourth-order valence-electron chi connectivity index (χ4n) is 2.65. The Kier molecular flexibility index (Phi) is 4.93. The number of rotatable bonds is 4. The Balaban J connectivity index is 2.26. The van der Waals surface area contributed by atoms with Crippen LogP contribution >= 0.6 is 0 Å². The van der Waals surface area contributed by atoms with Crippen molar-refractivity contribution in [3.05, 3.63) is 35.4 Å². The molecule has 1 aromatic carbocycles. The lowest BCUT2D eigenvalue weighted by Crippen LogP contribution is -2.34. The van der Waals surface area contributed by atoms with Crippen LogP contribution in [0, 0.1) is 5.92 Å². The number of likely N-dealkylation sites (tertiary alicyclic amines) is 1. The maximum absolute atomic E-state index is 12.6. The zero-order valence-corrected chi connectivity index (χ0v) is 12.7. The molecule has 5 nitrogen and oxygen atoms in total. The normalized spacial score (nSPS) is 21.6. The molecule has 0 aromatic heterocycles. The summed E-state index contributed by atoms with van der Waals surface area (Å²) in [6.45, 7) is 1.97. The molecule has 1 saturated heterocycles. The van der Waals surface area contributed by atoms with Crippen LogP contribution in [-0.4, -0.2) is 30.4 Å². The molecule has 0 bridgehead atoms. The van der Waals surface area contributed by atoms with Crippen molar-refractivity contribution in [1.29, 1.82) is 0 Å². The smallest absolute Gasteiger partial charge is 0.338 e. The van der Waals surface area contributed by atoms with Gasteiger partial charge in [0.25, 0.3) is 0 Å². The van der Waals surface area contributed by atoms with Crippen LogP contribution in [0.5, 0.6) is 0 Å². The number of nitrogens with one attached hydrogen (secondary N) is 1. The molecular weight excluding hydrogens is 313 g/mol. The van der Waals surface area contributed by atoms with Gasteiger partial charge in [-0.25, -0.2) is 5.48 Å². The Bertz CT molecular complexity index is 587. The Morgan fingerprint density at radius 2 is 1.96 bits per heavy atom. The van der Waals surface area contributed by atoms with Crippen LogP contribution in [-0.2, 0) is 20.6 Å². The topological polar surface area (TPSA) is 58.6 Å². The van der Waals surface area contributed by atoms with E-state index in [-0.39, 0.29) is 18.9 Å². The zero-order chi connectivity index (χ0) is 17.2. The number of halogens is 3. The first-order chi connectivity index (χ1) is 10.8. The van der Waals surface area contributed by atoms with Gasteiger partial charge in [-0.05, 0) is 24.6 Å². The minimum atomic E-state index is -4.43. The highest BCUT2D eigenvalue weighted by Crippen LogP contribution is 2.38. The predicted molar refractivity (Wildman–Crippen MR) is 74.8 cm³/mol. The second-order valence-corrected chi connectivity index (χ2v) is 5.28. The van der Waals surface area contributed by atoms with Crippen molar-refractivity contribution in [1.82, 2.24) is 10.4 Å². The second kappa shape index (κ2) is 6.57. The first-order valence-corrected chi connectivity index (χ1v) is 7.10. The average molecular weight is 330 g/mol. The fourth-order valence-corrected chi connectivity index (χ4v) is 2.65. The van der Waals surface area contributed by atoms with Crippen molar-refractivity contribution in [2.75, 3.05) is 13.7 Å². The second-order valence-electron chi connectivity index (χ2n) is 5.28. The van der Waals surface area contributed by atoms with E-state index in [1.54, 1.807) is 6.92 Å². The van der Waals surface area contributed by atoms with Gasteiger partial charge in [-0.2, -0.15) is 13.2 Å². The molecule has 2 amide bonds. The third kappa shape index (κ3) is 3.64. The Hall–Kier alpha value is -2.09. The standard InChI is InChI=1S/C15H17F3N2O3/c1-3-23-19-14(22)11-8-12(21)20(2)13(11)9-4-6-10(7-5-9)15(16,17)18/h4-7,11,13H,3,8H2,1-2H3,(H,19,22)/t11-,13+/m1/s1. The number of hydroxylamine groups is 1. The molecule has 0 saturated carbocycles. The molecule has 1 N–H and O–H groups in total. The van der Waals surface area contributed by atoms with E-state index in [2.05, 4.69) is 5.48 Å². The lowest BCUT2D eigenvalue weighted by atomic mass is 9.92. The summed E-state index contributed by atoms with van der Waals surface area (Å²) in [7, 11) is 1.53. The highest BCUT2D eigenvalue weighted by Gasteiger charge is 2.43. The van der Waals surface area contributed by atoms with Gasteiger partial charge in [-0.1, -0.05) is 12.1 Å². The van der Waals surface area contributed by atoms with Crippen LogP contribution in [0.3, 0.4) is 0 Å². The summed E-state index contributed by atoms with van der Waals surface area (Å²) in [5, 5.41) is 0. The molecule has 126 valence electrons. The largest absolute Gasteiger partial charge is 0.416 e. The molecule has 1 aliphatic heterocycles. The van der Waals surface area contributed by atoms with Crippen LogP contribution in [0.2, 0.25) is 0 Å². The predicted octanol–water partition coefficient (Wildman–Crippen LogP) is 2.29. The Labute approximate surface area is 131 Å². The number of amides is 2. The molecule has 1 fully saturated rings. The summed E-state index contributed by atoms with van der Waals surface area (Å²) in [4.78, 5) is 30.2. The van der Waals surface area contributed by atoms with Gasteiger partial charge in [-0.15, -0.1) is 0 Å². The number of hydrogen-bond acceptors (Lipinski definition) is 3. The fraction of sp³-hybridized carbons (Fsp3) is 0.467. The number of hydrogen-bond donors (Lipinski definition) is 1. The molecule has 1 heterocycles. The third-order valence-electron chi connectivity index (χ3n) is 3.82.